The van der Waals surface area contributed by atoms with Gasteiger partial charge in [-0.15, -0.1) is 0 Å². The molecule has 1 N–H and O–H groups in total. The molecule has 0 aliphatic heterocycles. The maximum Gasteiger partial charge on any atom is 0.336 e. The number of benzene rings is 2. The SMILES string of the molecule is O=C(O)c1ccccc1-c1ccc(I)cc1Cl. The fourth-order valence-electron chi connectivity index (χ4n) is 1.61. The highest BCUT2D eigenvalue weighted by molar-refractivity contribution is 14.1. The van der Waals surface area contributed by atoms with Crippen molar-refractivity contribution in [1.82, 2.24) is 0 Å². The van der Waals surface area contributed by atoms with E-state index in [1.807, 2.05) is 18.2 Å². The Hall–Kier alpha value is -1.07. The second kappa shape index (κ2) is 5.06. The van der Waals surface area contributed by atoms with E-state index in [9.17, 15) is 4.79 Å². The molecule has 2 rings (SSSR count). The Bertz CT molecular complexity index is 581. The lowest BCUT2D eigenvalue weighted by atomic mass is 10.00. The van der Waals surface area contributed by atoms with E-state index in [4.69, 9.17) is 16.7 Å². The number of hydrogen-bond acceptors (Lipinski definition) is 1. The Labute approximate surface area is 117 Å². The number of carbonyl (C=O) groups is 1. The monoisotopic (exact) mass is 358 g/mol. The van der Waals surface area contributed by atoms with Crippen molar-refractivity contribution in [2.24, 2.45) is 0 Å². The molecule has 0 aliphatic carbocycles. The first kappa shape index (κ1) is 12.4. The van der Waals surface area contributed by atoms with Crippen molar-refractivity contribution in [2.75, 3.05) is 0 Å². The molecule has 0 spiro atoms. The molecule has 0 heterocycles. The zero-order chi connectivity index (χ0) is 12.4. The summed E-state index contributed by atoms with van der Waals surface area (Å²) in [7, 11) is 0. The second-order valence-electron chi connectivity index (χ2n) is 3.47. The highest BCUT2D eigenvalue weighted by atomic mass is 127. The minimum absolute atomic E-state index is 0.260. The number of carboxylic acids is 1. The van der Waals surface area contributed by atoms with Crippen LogP contribution in [-0.2, 0) is 0 Å². The molecule has 2 nitrogen and oxygen atoms in total. The molecule has 4 heteroatoms. The zero-order valence-electron chi connectivity index (χ0n) is 8.65. The Balaban J connectivity index is 2.64. The molecule has 2 aromatic carbocycles. The van der Waals surface area contributed by atoms with Gasteiger partial charge in [0.1, 0.15) is 0 Å². The van der Waals surface area contributed by atoms with Crippen molar-refractivity contribution < 1.29 is 9.90 Å². The Morgan fingerprint density at radius 2 is 1.82 bits per heavy atom. The van der Waals surface area contributed by atoms with Gasteiger partial charge in [0.2, 0.25) is 0 Å². The van der Waals surface area contributed by atoms with E-state index in [1.54, 1.807) is 24.3 Å². The number of rotatable bonds is 2. The summed E-state index contributed by atoms with van der Waals surface area (Å²) in [5, 5.41) is 9.69. The fraction of sp³-hybridized carbons (Fsp3) is 0. The van der Waals surface area contributed by atoms with E-state index in [2.05, 4.69) is 22.6 Å². The third kappa shape index (κ3) is 2.61. The first-order valence-corrected chi connectivity index (χ1v) is 6.33. The van der Waals surface area contributed by atoms with E-state index in [0.29, 0.717) is 10.6 Å². The fourth-order valence-corrected chi connectivity index (χ4v) is 2.57. The molecule has 0 saturated carbocycles. The normalized spacial score (nSPS) is 10.2. The van der Waals surface area contributed by atoms with Gasteiger partial charge in [0.15, 0.2) is 0 Å². The highest BCUT2D eigenvalue weighted by Gasteiger charge is 2.13. The molecule has 0 unspecified atom stereocenters. The molecule has 0 atom stereocenters. The number of carboxylic acid groups (broad SMARTS) is 1. The Morgan fingerprint density at radius 1 is 1.12 bits per heavy atom. The summed E-state index contributed by atoms with van der Waals surface area (Å²) in [5.74, 6) is -0.949. The molecule has 17 heavy (non-hydrogen) atoms. The van der Waals surface area contributed by atoms with Crippen molar-refractivity contribution in [1.29, 1.82) is 0 Å². The second-order valence-corrected chi connectivity index (χ2v) is 5.13. The summed E-state index contributed by atoms with van der Waals surface area (Å²) in [6.45, 7) is 0. The van der Waals surface area contributed by atoms with E-state index in [1.165, 1.54) is 0 Å². The maximum absolute atomic E-state index is 11.1. The van der Waals surface area contributed by atoms with Gasteiger partial charge in [-0.2, -0.15) is 0 Å². The van der Waals surface area contributed by atoms with E-state index >= 15 is 0 Å². The van der Waals surface area contributed by atoms with Gasteiger partial charge in [-0.05, 0) is 46.4 Å². The predicted molar refractivity (Wildman–Crippen MR) is 76.6 cm³/mol. The largest absolute Gasteiger partial charge is 0.478 e. The smallest absolute Gasteiger partial charge is 0.336 e. The molecule has 0 bridgehead atoms. The molecule has 0 radical (unpaired) electrons. The molecule has 86 valence electrons. The van der Waals surface area contributed by atoms with Crippen LogP contribution in [0.15, 0.2) is 42.5 Å². The van der Waals surface area contributed by atoms with Gasteiger partial charge in [0.05, 0.1) is 5.56 Å². The van der Waals surface area contributed by atoms with E-state index < -0.39 is 5.97 Å². The molecule has 0 fully saturated rings. The maximum atomic E-state index is 11.1. The van der Waals surface area contributed by atoms with Crippen molar-refractivity contribution in [3.05, 3.63) is 56.6 Å². The van der Waals surface area contributed by atoms with Crippen LogP contribution < -0.4 is 0 Å². The third-order valence-electron chi connectivity index (χ3n) is 2.38. The van der Waals surface area contributed by atoms with E-state index in [0.717, 1.165) is 9.13 Å². The summed E-state index contributed by atoms with van der Waals surface area (Å²) in [6, 6.07) is 12.4. The summed E-state index contributed by atoms with van der Waals surface area (Å²) in [5.41, 5.74) is 1.64. The van der Waals surface area contributed by atoms with Crippen molar-refractivity contribution >= 4 is 40.2 Å². The van der Waals surface area contributed by atoms with Gasteiger partial charge in [-0.1, -0.05) is 35.9 Å². The van der Waals surface area contributed by atoms with Crippen LogP contribution in [0.25, 0.3) is 11.1 Å². The van der Waals surface area contributed by atoms with Crippen LogP contribution in [0.2, 0.25) is 5.02 Å². The van der Waals surface area contributed by atoms with Crippen LogP contribution in [0.4, 0.5) is 0 Å². The molecule has 0 aliphatic rings. The summed E-state index contributed by atoms with van der Waals surface area (Å²) < 4.78 is 1.02. The van der Waals surface area contributed by atoms with Crippen LogP contribution in [0.5, 0.6) is 0 Å². The average Bonchev–Trinajstić information content (AvgIpc) is 2.29. The number of aromatic carboxylic acids is 1. The lowest BCUT2D eigenvalue weighted by molar-refractivity contribution is 0.0698. The van der Waals surface area contributed by atoms with Gasteiger partial charge in [-0.25, -0.2) is 4.79 Å². The Morgan fingerprint density at radius 3 is 2.47 bits per heavy atom. The molecular formula is C13H8ClIO2. The molecule has 0 aromatic heterocycles. The molecular weight excluding hydrogens is 350 g/mol. The van der Waals surface area contributed by atoms with Crippen LogP contribution in [0, 0.1) is 3.57 Å². The Kier molecular flexibility index (Phi) is 3.69. The quantitative estimate of drug-likeness (QED) is 0.812. The third-order valence-corrected chi connectivity index (χ3v) is 3.36. The van der Waals surface area contributed by atoms with Crippen LogP contribution in [0.1, 0.15) is 10.4 Å². The first-order valence-electron chi connectivity index (χ1n) is 4.87. The molecule has 0 saturated heterocycles. The van der Waals surface area contributed by atoms with Crippen molar-refractivity contribution in [2.45, 2.75) is 0 Å². The van der Waals surface area contributed by atoms with Crippen LogP contribution in [0.3, 0.4) is 0 Å². The molecule has 0 amide bonds. The predicted octanol–water partition coefficient (Wildman–Crippen LogP) is 4.31. The van der Waals surface area contributed by atoms with E-state index in [-0.39, 0.29) is 5.56 Å². The average molecular weight is 359 g/mol. The topological polar surface area (TPSA) is 37.3 Å². The van der Waals surface area contributed by atoms with Crippen LogP contribution >= 0.6 is 34.2 Å². The highest BCUT2D eigenvalue weighted by Crippen LogP contribution is 2.31. The zero-order valence-corrected chi connectivity index (χ0v) is 11.6. The van der Waals surface area contributed by atoms with Crippen LogP contribution in [-0.4, -0.2) is 11.1 Å². The number of halogens is 2. The lowest BCUT2D eigenvalue weighted by Crippen LogP contribution is -1.99. The van der Waals surface area contributed by atoms with Gasteiger partial charge in [-0.3, -0.25) is 0 Å². The van der Waals surface area contributed by atoms with Gasteiger partial charge in [0, 0.05) is 14.2 Å². The van der Waals surface area contributed by atoms with Crippen molar-refractivity contribution in [3.8, 4) is 11.1 Å². The van der Waals surface area contributed by atoms with Gasteiger partial charge >= 0.3 is 5.97 Å². The number of hydrogen-bond donors (Lipinski definition) is 1. The van der Waals surface area contributed by atoms with Gasteiger partial charge < -0.3 is 5.11 Å². The first-order chi connectivity index (χ1) is 8.09. The van der Waals surface area contributed by atoms with Gasteiger partial charge in [0.25, 0.3) is 0 Å². The lowest BCUT2D eigenvalue weighted by Gasteiger charge is -2.08. The molecule has 2 aromatic rings. The minimum atomic E-state index is -0.949. The standard InChI is InChI=1S/C13H8ClIO2/c14-12-7-8(15)5-6-10(12)9-3-1-2-4-11(9)13(16)17/h1-7H,(H,16,17). The summed E-state index contributed by atoms with van der Waals surface area (Å²) in [6.07, 6.45) is 0. The summed E-state index contributed by atoms with van der Waals surface area (Å²) >= 11 is 8.31. The minimum Gasteiger partial charge on any atom is -0.478 e. The van der Waals surface area contributed by atoms with Crippen molar-refractivity contribution in [3.63, 3.8) is 0 Å². The summed E-state index contributed by atoms with van der Waals surface area (Å²) in [4.78, 5) is 11.1.